The van der Waals surface area contributed by atoms with Gasteiger partial charge in [-0.05, 0) is 31.2 Å². The van der Waals surface area contributed by atoms with E-state index in [1.165, 1.54) is 6.20 Å². The van der Waals surface area contributed by atoms with Crippen LogP contribution < -0.4 is 16.4 Å². The van der Waals surface area contributed by atoms with Gasteiger partial charge in [0, 0.05) is 31.8 Å². The third-order valence-electron chi connectivity index (χ3n) is 6.10. The van der Waals surface area contributed by atoms with Gasteiger partial charge in [0.25, 0.3) is 5.91 Å². The van der Waals surface area contributed by atoms with Crippen LogP contribution in [0.2, 0.25) is 0 Å². The SMILES string of the molecule is N#CCC1(N/C=C(\C(=N)NC(=O)C2CC2)C(N)=O)CCN(CC(O)c2ccccc2)CC1. The molecule has 1 atom stereocenters. The van der Waals surface area contributed by atoms with Crippen LogP contribution in [-0.4, -0.2) is 52.8 Å². The third-order valence-corrected chi connectivity index (χ3v) is 6.10. The fraction of sp³-hybridized carbons (Fsp3) is 0.478. The lowest BCUT2D eigenvalue weighted by Gasteiger charge is -2.41. The summed E-state index contributed by atoms with van der Waals surface area (Å²) in [6, 6.07) is 11.7. The molecule has 170 valence electrons. The fourth-order valence-corrected chi connectivity index (χ4v) is 3.84. The highest BCUT2D eigenvalue weighted by Gasteiger charge is 2.35. The molecule has 1 heterocycles. The van der Waals surface area contributed by atoms with Crippen molar-refractivity contribution in [2.24, 2.45) is 11.7 Å². The molecule has 2 amide bonds. The van der Waals surface area contributed by atoms with Crippen molar-refractivity contribution in [2.45, 2.75) is 43.7 Å². The summed E-state index contributed by atoms with van der Waals surface area (Å²) in [6.45, 7) is 1.81. The summed E-state index contributed by atoms with van der Waals surface area (Å²) in [4.78, 5) is 25.9. The number of hydrogen-bond donors (Lipinski definition) is 5. The Morgan fingerprint density at radius 3 is 2.53 bits per heavy atom. The van der Waals surface area contributed by atoms with E-state index in [1.54, 1.807) is 0 Å². The van der Waals surface area contributed by atoms with E-state index >= 15 is 0 Å². The number of carbonyl (C=O) groups is 2. The molecule has 0 spiro atoms. The first-order valence-corrected chi connectivity index (χ1v) is 10.8. The molecule has 6 N–H and O–H groups in total. The standard InChI is InChI=1S/C23H30N6O3/c24-11-8-23(27-14-18(21(26)31)20(25)28-22(32)17-6-7-17)9-12-29(13-10-23)15-19(30)16-4-2-1-3-5-16/h1-5,14,17,19,27,30H,6-10,12-13,15H2,(H2,26,31)(H2,25,28,32)/b18-14+. The Hall–Kier alpha value is -3.22. The average Bonchev–Trinajstić information content (AvgIpc) is 3.62. The molecule has 2 fully saturated rings. The molecule has 1 aromatic rings. The van der Waals surface area contributed by atoms with Crippen molar-refractivity contribution in [3.05, 3.63) is 47.7 Å². The van der Waals surface area contributed by atoms with E-state index in [0.717, 1.165) is 18.4 Å². The minimum Gasteiger partial charge on any atom is -0.387 e. The van der Waals surface area contributed by atoms with Crippen molar-refractivity contribution < 1.29 is 14.7 Å². The van der Waals surface area contributed by atoms with Gasteiger partial charge in [-0.1, -0.05) is 30.3 Å². The van der Waals surface area contributed by atoms with Crippen LogP contribution in [0.15, 0.2) is 42.1 Å². The molecule has 1 unspecified atom stereocenters. The Labute approximate surface area is 187 Å². The van der Waals surface area contributed by atoms with Crippen LogP contribution in [0.25, 0.3) is 0 Å². The molecule has 32 heavy (non-hydrogen) atoms. The summed E-state index contributed by atoms with van der Waals surface area (Å²) in [5.41, 5.74) is 5.59. The van der Waals surface area contributed by atoms with Gasteiger partial charge in [0.05, 0.1) is 29.7 Å². The molecule has 1 aromatic carbocycles. The summed E-state index contributed by atoms with van der Waals surface area (Å²) < 4.78 is 0. The number of nitrogens with zero attached hydrogens (tertiary/aromatic N) is 2. The number of aliphatic hydroxyl groups excluding tert-OH is 1. The van der Waals surface area contributed by atoms with E-state index in [2.05, 4.69) is 21.6 Å². The Morgan fingerprint density at radius 1 is 1.31 bits per heavy atom. The first-order chi connectivity index (χ1) is 15.3. The number of nitriles is 1. The Kier molecular flexibility index (Phi) is 7.62. The smallest absolute Gasteiger partial charge is 0.253 e. The van der Waals surface area contributed by atoms with Crippen molar-refractivity contribution in [2.75, 3.05) is 19.6 Å². The predicted octanol–water partition coefficient (Wildman–Crippen LogP) is 0.931. The molecular formula is C23H30N6O3. The quantitative estimate of drug-likeness (QED) is 0.219. The molecule has 1 saturated heterocycles. The molecular weight excluding hydrogens is 408 g/mol. The minimum absolute atomic E-state index is 0.0991. The number of aliphatic hydroxyl groups is 1. The van der Waals surface area contributed by atoms with Crippen LogP contribution in [0.4, 0.5) is 0 Å². The molecule has 2 aliphatic rings. The van der Waals surface area contributed by atoms with Gasteiger partial charge in [0.2, 0.25) is 5.91 Å². The van der Waals surface area contributed by atoms with Crippen molar-refractivity contribution in [1.29, 1.82) is 10.7 Å². The molecule has 1 aliphatic heterocycles. The summed E-state index contributed by atoms with van der Waals surface area (Å²) in [7, 11) is 0. The van der Waals surface area contributed by atoms with E-state index < -0.39 is 17.6 Å². The number of amidine groups is 1. The topological polar surface area (TPSA) is 155 Å². The van der Waals surface area contributed by atoms with Crippen molar-refractivity contribution >= 4 is 17.6 Å². The van der Waals surface area contributed by atoms with Crippen molar-refractivity contribution in [1.82, 2.24) is 15.5 Å². The third kappa shape index (κ3) is 6.15. The number of rotatable bonds is 9. The van der Waals surface area contributed by atoms with Gasteiger partial charge in [0.1, 0.15) is 5.84 Å². The van der Waals surface area contributed by atoms with Crippen LogP contribution >= 0.6 is 0 Å². The highest BCUT2D eigenvalue weighted by atomic mass is 16.3. The fourth-order valence-electron chi connectivity index (χ4n) is 3.84. The first-order valence-electron chi connectivity index (χ1n) is 10.8. The maximum atomic E-state index is 11.9. The van der Waals surface area contributed by atoms with E-state index in [9.17, 15) is 20.0 Å². The maximum absolute atomic E-state index is 11.9. The molecule has 1 saturated carbocycles. The number of amides is 2. The van der Waals surface area contributed by atoms with E-state index in [1.807, 2.05) is 30.3 Å². The number of primary amides is 1. The number of nitrogens with two attached hydrogens (primary N) is 1. The van der Waals surface area contributed by atoms with E-state index in [4.69, 9.17) is 11.1 Å². The van der Waals surface area contributed by atoms with Gasteiger partial charge < -0.3 is 26.4 Å². The normalized spacial score (nSPS) is 19.4. The first kappa shape index (κ1) is 23.4. The predicted molar refractivity (Wildman–Crippen MR) is 119 cm³/mol. The van der Waals surface area contributed by atoms with Crippen molar-refractivity contribution in [3.8, 4) is 6.07 Å². The number of benzene rings is 1. The molecule has 1 aliphatic carbocycles. The summed E-state index contributed by atoms with van der Waals surface area (Å²) in [6.07, 6.45) is 3.78. The zero-order valence-electron chi connectivity index (χ0n) is 18.0. The monoisotopic (exact) mass is 438 g/mol. The highest BCUT2D eigenvalue weighted by Crippen LogP contribution is 2.29. The zero-order valence-corrected chi connectivity index (χ0v) is 18.0. The average molecular weight is 439 g/mol. The van der Waals surface area contributed by atoms with E-state index in [0.29, 0.717) is 32.5 Å². The second-order valence-electron chi connectivity index (χ2n) is 8.55. The number of likely N-dealkylation sites (tertiary alicyclic amines) is 1. The molecule has 9 nitrogen and oxygen atoms in total. The Bertz CT molecular complexity index is 911. The molecule has 0 radical (unpaired) electrons. The lowest BCUT2D eigenvalue weighted by molar-refractivity contribution is -0.120. The maximum Gasteiger partial charge on any atom is 0.253 e. The summed E-state index contributed by atoms with van der Waals surface area (Å²) in [5, 5.41) is 33.5. The summed E-state index contributed by atoms with van der Waals surface area (Å²) >= 11 is 0. The van der Waals surface area contributed by atoms with Crippen LogP contribution in [0.1, 0.15) is 43.8 Å². The zero-order chi connectivity index (χ0) is 23.1. The van der Waals surface area contributed by atoms with E-state index in [-0.39, 0.29) is 29.7 Å². The molecule has 3 rings (SSSR count). The van der Waals surface area contributed by atoms with Gasteiger partial charge in [-0.2, -0.15) is 5.26 Å². The number of nitrogens with one attached hydrogen (secondary N) is 3. The molecule has 9 heteroatoms. The van der Waals surface area contributed by atoms with Gasteiger partial charge in [-0.15, -0.1) is 0 Å². The number of hydrogen-bond acceptors (Lipinski definition) is 7. The van der Waals surface area contributed by atoms with Crippen LogP contribution in [0, 0.1) is 22.7 Å². The van der Waals surface area contributed by atoms with Crippen molar-refractivity contribution in [3.63, 3.8) is 0 Å². The van der Waals surface area contributed by atoms with Gasteiger partial charge >= 0.3 is 0 Å². The Morgan fingerprint density at radius 2 is 1.97 bits per heavy atom. The number of carbonyl (C=O) groups excluding carboxylic acids is 2. The number of piperidine rings is 1. The molecule has 0 bridgehead atoms. The van der Waals surface area contributed by atoms with Gasteiger partial charge in [-0.25, -0.2) is 0 Å². The van der Waals surface area contributed by atoms with Crippen LogP contribution in [0.5, 0.6) is 0 Å². The largest absolute Gasteiger partial charge is 0.387 e. The minimum atomic E-state index is -0.825. The second kappa shape index (κ2) is 10.4. The molecule has 0 aromatic heterocycles. The van der Waals surface area contributed by atoms with Gasteiger partial charge in [-0.3, -0.25) is 15.0 Å². The van der Waals surface area contributed by atoms with Gasteiger partial charge in [0.15, 0.2) is 0 Å². The number of β-amino-alcohol motifs (C(OH)–C–C–N with tert-alkyl or cyclic N) is 1. The lowest BCUT2D eigenvalue weighted by Crippen LogP contribution is -2.52. The lowest BCUT2D eigenvalue weighted by atomic mass is 9.84. The van der Waals surface area contributed by atoms with Crippen LogP contribution in [-0.2, 0) is 9.59 Å². The Balaban J connectivity index is 1.61. The summed E-state index contributed by atoms with van der Waals surface area (Å²) in [5.74, 6) is -1.54. The van der Waals surface area contributed by atoms with Crippen LogP contribution in [0.3, 0.4) is 0 Å². The highest BCUT2D eigenvalue weighted by molar-refractivity contribution is 6.22. The second-order valence-corrected chi connectivity index (χ2v) is 8.55.